The fraction of sp³-hybridized carbons (Fsp3) is 0.647. The van der Waals surface area contributed by atoms with Gasteiger partial charge in [-0.25, -0.2) is 0 Å². The van der Waals surface area contributed by atoms with Crippen molar-refractivity contribution >= 4 is 5.69 Å². The summed E-state index contributed by atoms with van der Waals surface area (Å²) in [5.74, 6) is 1.53. The van der Waals surface area contributed by atoms with Crippen molar-refractivity contribution in [3.05, 3.63) is 24.3 Å². The Morgan fingerprint density at radius 3 is 2.95 bits per heavy atom. The normalized spacial score (nSPS) is 20.7. The number of hydrogen-bond acceptors (Lipinski definition) is 3. The third kappa shape index (κ3) is 5.04. The Morgan fingerprint density at radius 1 is 1.30 bits per heavy atom. The average molecular weight is 276 g/mol. The first-order chi connectivity index (χ1) is 9.63. The largest absolute Gasteiger partial charge is 0.493 e. The van der Waals surface area contributed by atoms with Gasteiger partial charge in [0.2, 0.25) is 0 Å². The van der Waals surface area contributed by atoms with Crippen molar-refractivity contribution in [2.75, 3.05) is 32.1 Å². The molecule has 20 heavy (non-hydrogen) atoms. The molecule has 112 valence electrons. The van der Waals surface area contributed by atoms with Gasteiger partial charge in [-0.1, -0.05) is 19.9 Å². The number of rotatable bonds is 5. The van der Waals surface area contributed by atoms with E-state index >= 15 is 0 Å². The van der Waals surface area contributed by atoms with Crippen molar-refractivity contribution in [3.8, 4) is 5.75 Å². The molecule has 1 aromatic rings. The molecule has 0 spiro atoms. The van der Waals surface area contributed by atoms with Crippen LogP contribution in [0.25, 0.3) is 0 Å². The molecule has 3 nitrogen and oxygen atoms in total. The van der Waals surface area contributed by atoms with Gasteiger partial charge in [0.1, 0.15) is 5.75 Å². The van der Waals surface area contributed by atoms with Crippen LogP contribution in [0.3, 0.4) is 0 Å². The Labute approximate surface area is 123 Å². The third-order valence-electron chi connectivity index (χ3n) is 3.74. The molecule has 1 atom stereocenters. The minimum absolute atomic E-state index is 0.559. The zero-order valence-electron chi connectivity index (χ0n) is 13.1. The van der Waals surface area contributed by atoms with E-state index < -0.39 is 0 Å². The van der Waals surface area contributed by atoms with Crippen LogP contribution in [0.2, 0.25) is 0 Å². The number of nitrogens with zero attached hydrogens (tertiary/aromatic N) is 1. The van der Waals surface area contributed by atoms with Gasteiger partial charge in [0.05, 0.1) is 6.61 Å². The van der Waals surface area contributed by atoms with Crippen LogP contribution in [0.15, 0.2) is 24.3 Å². The molecule has 3 heteroatoms. The van der Waals surface area contributed by atoms with Crippen molar-refractivity contribution in [1.29, 1.82) is 0 Å². The Morgan fingerprint density at radius 2 is 2.15 bits per heavy atom. The van der Waals surface area contributed by atoms with E-state index in [2.05, 4.69) is 49.3 Å². The highest BCUT2D eigenvalue weighted by Crippen LogP contribution is 2.21. The van der Waals surface area contributed by atoms with Crippen LogP contribution < -0.4 is 10.1 Å². The molecular weight excluding hydrogens is 248 g/mol. The van der Waals surface area contributed by atoms with E-state index in [0.29, 0.717) is 12.0 Å². The summed E-state index contributed by atoms with van der Waals surface area (Å²) in [6.07, 6.45) is 3.74. The van der Waals surface area contributed by atoms with Crippen LogP contribution in [0.1, 0.15) is 33.1 Å². The van der Waals surface area contributed by atoms with E-state index in [-0.39, 0.29) is 0 Å². The second-order valence-corrected chi connectivity index (χ2v) is 6.31. The average Bonchev–Trinajstić information content (AvgIpc) is 2.62. The van der Waals surface area contributed by atoms with Crippen LogP contribution in [0.5, 0.6) is 5.75 Å². The fourth-order valence-electron chi connectivity index (χ4n) is 2.56. The summed E-state index contributed by atoms with van der Waals surface area (Å²) in [4.78, 5) is 2.42. The van der Waals surface area contributed by atoms with Gasteiger partial charge in [0.15, 0.2) is 0 Å². The van der Waals surface area contributed by atoms with Crippen LogP contribution in [0.4, 0.5) is 5.69 Å². The predicted octanol–water partition coefficient (Wildman–Crippen LogP) is 3.62. The van der Waals surface area contributed by atoms with E-state index in [1.54, 1.807) is 0 Å². The van der Waals surface area contributed by atoms with Crippen molar-refractivity contribution < 1.29 is 4.74 Å². The van der Waals surface area contributed by atoms with E-state index in [1.165, 1.54) is 38.0 Å². The summed E-state index contributed by atoms with van der Waals surface area (Å²) in [6, 6.07) is 8.95. The second-order valence-electron chi connectivity index (χ2n) is 6.31. The number of ether oxygens (including phenoxy) is 1. The minimum atomic E-state index is 0.559. The highest BCUT2D eigenvalue weighted by molar-refractivity contribution is 5.48. The fourth-order valence-corrected chi connectivity index (χ4v) is 2.56. The molecule has 1 unspecified atom stereocenters. The van der Waals surface area contributed by atoms with Gasteiger partial charge >= 0.3 is 0 Å². The van der Waals surface area contributed by atoms with Gasteiger partial charge in [0, 0.05) is 17.8 Å². The molecule has 0 amide bonds. The highest BCUT2D eigenvalue weighted by atomic mass is 16.5. The van der Waals surface area contributed by atoms with E-state index in [9.17, 15) is 0 Å². The molecule has 1 saturated heterocycles. The monoisotopic (exact) mass is 276 g/mol. The van der Waals surface area contributed by atoms with Gasteiger partial charge < -0.3 is 15.0 Å². The molecular formula is C17H28N2O. The quantitative estimate of drug-likeness (QED) is 0.889. The number of anilines is 1. The number of nitrogens with one attached hydrogen (secondary N) is 1. The lowest BCUT2D eigenvalue weighted by Crippen LogP contribution is -2.22. The molecule has 0 radical (unpaired) electrons. The first-order valence-corrected chi connectivity index (χ1v) is 7.81. The Bertz CT molecular complexity index is 406. The first-order valence-electron chi connectivity index (χ1n) is 7.81. The SMILES string of the molecule is CC(C)COc1cccc(NC2CCCN(C)CC2)c1. The van der Waals surface area contributed by atoms with Gasteiger partial charge in [-0.3, -0.25) is 0 Å². The zero-order valence-corrected chi connectivity index (χ0v) is 13.1. The minimum Gasteiger partial charge on any atom is -0.493 e. The van der Waals surface area contributed by atoms with Crippen LogP contribution >= 0.6 is 0 Å². The topological polar surface area (TPSA) is 24.5 Å². The molecule has 0 saturated carbocycles. The maximum atomic E-state index is 5.79. The Kier molecular flexibility index (Phi) is 5.72. The van der Waals surface area contributed by atoms with Crippen LogP contribution in [0, 0.1) is 5.92 Å². The van der Waals surface area contributed by atoms with Crippen molar-refractivity contribution in [2.45, 2.75) is 39.2 Å². The lowest BCUT2D eigenvalue weighted by Gasteiger charge is -2.19. The number of hydrogen-bond donors (Lipinski definition) is 1. The Balaban J connectivity index is 1.90. The van der Waals surface area contributed by atoms with Gasteiger partial charge in [-0.05, 0) is 57.5 Å². The standard InChI is InChI=1S/C17H28N2O/c1-14(2)13-20-17-8-4-6-16(12-17)18-15-7-5-10-19(3)11-9-15/h4,6,8,12,14-15,18H,5,7,9-11,13H2,1-3H3. The van der Waals surface area contributed by atoms with Gasteiger partial charge in [-0.2, -0.15) is 0 Å². The molecule has 1 heterocycles. The molecule has 1 fully saturated rings. The summed E-state index contributed by atoms with van der Waals surface area (Å²) in [5.41, 5.74) is 1.18. The molecule has 0 aromatic heterocycles. The molecule has 1 aromatic carbocycles. The summed E-state index contributed by atoms with van der Waals surface area (Å²) in [7, 11) is 2.21. The lowest BCUT2D eigenvalue weighted by molar-refractivity contribution is 0.271. The number of benzene rings is 1. The van der Waals surface area contributed by atoms with Crippen molar-refractivity contribution in [3.63, 3.8) is 0 Å². The number of likely N-dealkylation sites (tertiary alicyclic amines) is 1. The zero-order chi connectivity index (χ0) is 14.4. The lowest BCUT2D eigenvalue weighted by atomic mass is 10.1. The van der Waals surface area contributed by atoms with Crippen LogP contribution in [-0.2, 0) is 0 Å². The van der Waals surface area contributed by atoms with Crippen LogP contribution in [-0.4, -0.2) is 37.7 Å². The Hall–Kier alpha value is -1.22. The van der Waals surface area contributed by atoms with Crippen molar-refractivity contribution in [2.24, 2.45) is 5.92 Å². The summed E-state index contributed by atoms with van der Waals surface area (Å²) in [6.45, 7) is 7.52. The summed E-state index contributed by atoms with van der Waals surface area (Å²) >= 11 is 0. The van der Waals surface area contributed by atoms with Crippen molar-refractivity contribution in [1.82, 2.24) is 4.90 Å². The molecule has 0 bridgehead atoms. The summed E-state index contributed by atoms with van der Waals surface area (Å²) in [5, 5.41) is 3.66. The molecule has 0 aliphatic carbocycles. The molecule has 1 N–H and O–H groups in total. The first kappa shape index (κ1) is 15.2. The maximum absolute atomic E-state index is 5.79. The molecule has 1 aliphatic rings. The summed E-state index contributed by atoms with van der Waals surface area (Å²) < 4.78 is 5.79. The van der Waals surface area contributed by atoms with E-state index in [1.807, 2.05) is 6.07 Å². The van der Waals surface area contributed by atoms with Gasteiger partial charge in [-0.15, -0.1) is 0 Å². The van der Waals surface area contributed by atoms with E-state index in [0.717, 1.165) is 12.4 Å². The second kappa shape index (κ2) is 7.53. The maximum Gasteiger partial charge on any atom is 0.121 e. The third-order valence-corrected chi connectivity index (χ3v) is 3.74. The smallest absolute Gasteiger partial charge is 0.121 e. The predicted molar refractivity (Wildman–Crippen MR) is 85.5 cm³/mol. The molecule has 1 aliphatic heterocycles. The van der Waals surface area contributed by atoms with E-state index in [4.69, 9.17) is 4.74 Å². The highest BCUT2D eigenvalue weighted by Gasteiger charge is 2.14. The molecule has 2 rings (SSSR count). The van der Waals surface area contributed by atoms with Gasteiger partial charge in [0.25, 0.3) is 0 Å².